The van der Waals surface area contributed by atoms with E-state index >= 15 is 0 Å². The number of carbonyl (C=O) groups is 1. The van der Waals surface area contributed by atoms with Crippen molar-refractivity contribution in [1.82, 2.24) is 14.5 Å². The fourth-order valence-corrected chi connectivity index (χ4v) is 3.17. The molecule has 6 heteroatoms. The number of amides is 1. The van der Waals surface area contributed by atoms with E-state index < -0.39 is 0 Å². The molecule has 2 aromatic carbocycles. The maximum absolute atomic E-state index is 12.4. The summed E-state index contributed by atoms with van der Waals surface area (Å²) in [6.45, 7) is 5.38. The van der Waals surface area contributed by atoms with Crippen molar-refractivity contribution >= 4 is 16.9 Å². The lowest BCUT2D eigenvalue weighted by molar-refractivity contribution is -0.121. The highest BCUT2D eigenvalue weighted by Gasteiger charge is 2.11. The number of nitrogens with one attached hydrogen (secondary N) is 1. The lowest BCUT2D eigenvalue weighted by Crippen LogP contribution is -2.27. The number of aromatic nitrogens is 2. The highest BCUT2D eigenvalue weighted by Crippen LogP contribution is 2.12. The molecule has 0 spiro atoms. The van der Waals surface area contributed by atoms with Crippen molar-refractivity contribution in [3.63, 3.8) is 0 Å². The quantitative estimate of drug-likeness (QED) is 0.652. The minimum absolute atomic E-state index is 0.0799. The van der Waals surface area contributed by atoms with Gasteiger partial charge in [-0.05, 0) is 37.1 Å². The monoisotopic (exact) mass is 381 g/mol. The van der Waals surface area contributed by atoms with E-state index in [0.717, 1.165) is 22.2 Å². The third-order valence-corrected chi connectivity index (χ3v) is 4.68. The zero-order valence-electron chi connectivity index (χ0n) is 16.6. The number of imidazole rings is 1. The molecule has 0 aliphatic heterocycles. The molecule has 6 nitrogen and oxygen atoms in total. The molecule has 0 radical (unpaired) electrons. The molecule has 1 N–H and O–H groups in total. The van der Waals surface area contributed by atoms with Gasteiger partial charge in [-0.25, -0.2) is 4.79 Å². The second-order valence-electron chi connectivity index (χ2n) is 7.19. The van der Waals surface area contributed by atoms with Crippen molar-refractivity contribution in [3.8, 4) is 0 Å². The van der Waals surface area contributed by atoms with Crippen molar-refractivity contribution in [2.75, 3.05) is 0 Å². The van der Waals surface area contributed by atoms with Crippen LogP contribution in [0.25, 0.3) is 11.0 Å². The Hall–Kier alpha value is -2.86. The molecule has 3 rings (SSSR count). The van der Waals surface area contributed by atoms with Gasteiger partial charge < -0.3 is 10.1 Å². The van der Waals surface area contributed by atoms with Crippen LogP contribution in [0.4, 0.5) is 0 Å². The van der Waals surface area contributed by atoms with Gasteiger partial charge in [-0.2, -0.15) is 0 Å². The minimum atomic E-state index is -0.105. The van der Waals surface area contributed by atoms with E-state index in [4.69, 9.17) is 4.74 Å². The summed E-state index contributed by atoms with van der Waals surface area (Å²) < 4.78 is 8.88. The van der Waals surface area contributed by atoms with Gasteiger partial charge in [0.1, 0.15) is 0 Å². The smallest absolute Gasteiger partial charge is 0.328 e. The summed E-state index contributed by atoms with van der Waals surface area (Å²) >= 11 is 0. The lowest BCUT2D eigenvalue weighted by Gasteiger charge is -2.10. The van der Waals surface area contributed by atoms with Crippen molar-refractivity contribution in [3.05, 3.63) is 70.1 Å². The van der Waals surface area contributed by atoms with E-state index in [1.54, 1.807) is 16.2 Å². The molecule has 3 aromatic rings. The van der Waals surface area contributed by atoms with Crippen LogP contribution in [0.2, 0.25) is 0 Å². The van der Waals surface area contributed by atoms with E-state index in [1.807, 2.05) is 62.4 Å². The van der Waals surface area contributed by atoms with Gasteiger partial charge in [0, 0.05) is 26.6 Å². The summed E-state index contributed by atoms with van der Waals surface area (Å²) in [5, 5.41) is 2.93. The van der Waals surface area contributed by atoms with Gasteiger partial charge in [-0.15, -0.1) is 0 Å². The Balaban J connectivity index is 1.57. The van der Waals surface area contributed by atoms with E-state index in [9.17, 15) is 9.59 Å². The van der Waals surface area contributed by atoms with Gasteiger partial charge in [-0.3, -0.25) is 13.9 Å². The molecule has 1 amide bonds. The molecular weight excluding hydrogens is 354 g/mol. The number of benzene rings is 2. The van der Waals surface area contributed by atoms with Gasteiger partial charge >= 0.3 is 5.69 Å². The first-order chi connectivity index (χ1) is 13.5. The molecule has 0 bridgehead atoms. The summed E-state index contributed by atoms with van der Waals surface area (Å²) in [6, 6.07) is 15.6. The number of para-hydroxylation sites is 2. The predicted molar refractivity (Wildman–Crippen MR) is 110 cm³/mol. The average Bonchev–Trinajstić information content (AvgIpc) is 2.94. The Kier molecular flexibility index (Phi) is 6.31. The second kappa shape index (κ2) is 8.89. The topological polar surface area (TPSA) is 65.3 Å². The standard InChI is InChI=1S/C22H27N3O3/c1-16(2)28-15-18-8-6-7-17(13-18)14-23-21(26)11-12-25-20-10-5-4-9-19(20)24(3)22(25)27/h4-10,13,16H,11-12,14-15H2,1-3H3,(H,23,26). The maximum atomic E-state index is 12.4. The molecule has 0 saturated carbocycles. The van der Waals surface area contributed by atoms with E-state index in [-0.39, 0.29) is 24.1 Å². The van der Waals surface area contributed by atoms with Gasteiger partial charge in [0.25, 0.3) is 0 Å². The second-order valence-corrected chi connectivity index (χ2v) is 7.19. The van der Waals surface area contributed by atoms with Crippen LogP contribution in [0.5, 0.6) is 0 Å². The molecule has 148 valence electrons. The molecule has 0 saturated heterocycles. The van der Waals surface area contributed by atoms with E-state index in [0.29, 0.717) is 19.7 Å². The third-order valence-electron chi connectivity index (χ3n) is 4.68. The molecular formula is C22H27N3O3. The Morgan fingerprint density at radius 3 is 2.54 bits per heavy atom. The molecule has 0 aliphatic rings. The molecule has 0 aliphatic carbocycles. The Labute approximate surface area is 164 Å². The zero-order chi connectivity index (χ0) is 20.1. The Bertz CT molecular complexity index is 1020. The van der Waals surface area contributed by atoms with Crippen LogP contribution in [0.1, 0.15) is 31.4 Å². The number of hydrogen-bond donors (Lipinski definition) is 1. The van der Waals surface area contributed by atoms with Gasteiger partial charge in [-0.1, -0.05) is 36.4 Å². The van der Waals surface area contributed by atoms with Crippen LogP contribution < -0.4 is 11.0 Å². The summed E-state index contributed by atoms with van der Waals surface area (Å²) in [5.41, 5.74) is 3.73. The zero-order valence-corrected chi connectivity index (χ0v) is 16.6. The fourth-order valence-electron chi connectivity index (χ4n) is 3.17. The summed E-state index contributed by atoms with van der Waals surface area (Å²) in [7, 11) is 1.75. The number of nitrogens with zero attached hydrogens (tertiary/aromatic N) is 2. The number of ether oxygens (including phenoxy) is 1. The number of aryl methyl sites for hydroxylation is 2. The van der Waals surface area contributed by atoms with Crippen molar-refractivity contribution in [1.29, 1.82) is 0 Å². The van der Waals surface area contributed by atoms with Crippen molar-refractivity contribution in [2.24, 2.45) is 7.05 Å². The Morgan fingerprint density at radius 2 is 1.79 bits per heavy atom. The molecule has 28 heavy (non-hydrogen) atoms. The SMILES string of the molecule is CC(C)OCc1cccc(CNC(=O)CCn2c(=O)n(C)c3ccccc32)c1. The summed E-state index contributed by atoms with van der Waals surface area (Å²) in [6.07, 6.45) is 0.435. The molecule has 0 unspecified atom stereocenters. The minimum Gasteiger partial charge on any atom is -0.374 e. The van der Waals surface area contributed by atoms with Crippen LogP contribution in [-0.2, 0) is 36.3 Å². The largest absolute Gasteiger partial charge is 0.374 e. The van der Waals surface area contributed by atoms with E-state index in [2.05, 4.69) is 5.32 Å². The van der Waals surface area contributed by atoms with Crippen molar-refractivity contribution in [2.45, 2.75) is 46.1 Å². The molecule has 1 aromatic heterocycles. The first-order valence-electron chi connectivity index (χ1n) is 9.56. The lowest BCUT2D eigenvalue weighted by atomic mass is 10.1. The van der Waals surface area contributed by atoms with Gasteiger partial charge in [0.15, 0.2) is 0 Å². The first-order valence-corrected chi connectivity index (χ1v) is 9.56. The number of hydrogen-bond acceptors (Lipinski definition) is 3. The highest BCUT2D eigenvalue weighted by molar-refractivity contribution is 5.77. The maximum Gasteiger partial charge on any atom is 0.328 e. The summed E-state index contributed by atoms with van der Waals surface area (Å²) in [4.78, 5) is 24.7. The average molecular weight is 381 g/mol. The number of rotatable bonds is 8. The fraction of sp³-hybridized carbons (Fsp3) is 0.364. The highest BCUT2D eigenvalue weighted by atomic mass is 16.5. The van der Waals surface area contributed by atoms with Crippen LogP contribution in [0.15, 0.2) is 53.3 Å². The normalized spacial score (nSPS) is 11.3. The number of fused-ring (bicyclic) bond motifs is 1. The van der Waals surface area contributed by atoms with Gasteiger partial charge in [0.05, 0.1) is 23.7 Å². The first kappa shape index (κ1) is 19.9. The molecule has 0 fully saturated rings. The molecule has 1 heterocycles. The molecule has 0 atom stereocenters. The van der Waals surface area contributed by atoms with Crippen LogP contribution >= 0.6 is 0 Å². The Morgan fingerprint density at radius 1 is 1.07 bits per heavy atom. The third kappa shape index (κ3) is 4.70. The van der Waals surface area contributed by atoms with Crippen LogP contribution in [0.3, 0.4) is 0 Å². The predicted octanol–water partition coefficient (Wildman–Crippen LogP) is 2.97. The number of carbonyl (C=O) groups excluding carboxylic acids is 1. The van der Waals surface area contributed by atoms with E-state index in [1.165, 1.54) is 0 Å². The van der Waals surface area contributed by atoms with Crippen molar-refractivity contribution < 1.29 is 9.53 Å². The van der Waals surface area contributed by atoms with Gasteiger partial charge in [0.2, 0.25) is 5.91 Å². The van der Waals surface area contributed by atoms with Crippen LogP contribution in [0, 0.1) is 0 Å². The van der Waals surface area contributed by atoms with Crippen LogP contribution in [-0.4, -0.2) is 21.1 Å². The summed E-state index contributed by atoms with van der Waals surface area (Å²) in [5.74, 6) is -0.0799.